The van der Waals surface area contributed by atoms with Crippen molar-refractivity contribution in [3.8, 4) is 0 Å². The predicted molar refractivity (Wildman–Crippen MR) is 76.2 cm³/mol. The van der Waals surface area contributed by atoms with Gasteiger partial charge in [-0.05, 0) is 18.9 Å². The molecular weight excluding hydrogens is 289 g/mol. The second kappa shape index (κ2) is 5.81. The summed E-state index contributed by atoms with van der Waals surface area (Å²) in [5, 5.41) is 0.772. The van der Waals surface area contributed by atoms with Crippen LogP contribution in [0, 0.1) is 5.92 Å². The lowest BCUT2D eigenvalue weighted by molar-refractivity contribution is -0.122. The van der Waals surface area contributed by atoms with Gasteiger partial charge in [0.1, 0.15) is 5.82 Å². The van der Waals surface area contributed by atoms with Gasteiger partial charge in [-0.3, -0.25) is 4.79 Å². The molecule has 0 radical (unpaired) electrons. The number of nitrogens with one attached hydrogen (secondary N) is 1. The zero-order valence-corrected chi connectivity index (χ0v) is 11.7. The number of nitrogens with zero attached hydrogens (tertiary/aromatic N) is 2. The highest BCUT2D eigenvalue weighted by atomic mass is 35.5. The number of carbonyl (C=O) groups excluding carboxylic acids is 1. The van der Waals surface area contributed by atoms with E-state index in [0.717, 1.165) is 19.4 Å². The predicted octanol–water partition coefficient (Wildman–Crippen LogP) is 1.38. The first kappa shape index (κ1) is 14.2. The Labute approximate surface area is 121 Å². The molecule has 5 N–H and O–H groups in total. The van der Waals surface area contributed by atoms with E-state index >= 15 is 0 Å². The first-order chi connectivity index (χ1) is 9.02. The standard InChI is InChI=1S/C11H15Cl2N5O/c12-7-4-8(13)11(16-10(7)17-15)18-3-1-2-6(5-18)9(14)19/h4,6H,1-3,5,15H2,(H2,14,19)(H,16,17). The lowest BCUT2D eigenvalue weighted by Gasteiger charge is -2.32. The van der Waals surface area contributed by atoms with Gasteiger partial charge in [0.05, 0.1) is 16.0 Å². The summed E-state index contributed by atoms with van der Waals surface area (Å²) >= 11 is 12.1. The highest BCUT2D eigenvalue weighted by Crippen LogP contribution is 2.33. The molecule has 1 fully saturated rings. The van der Waals surface area contributed by atoms with Crippen LogP contribution < -0.4 is 21.9 Å². The zero-order chi connectivity index (χ0) is 14.0. The number of amides is 1. The molecule has 6 nitrogen and oxygen atoms in total. The van der Waals surface area contributed by atoms with Crippen LogP contribution in [0.5, 0.6) is 0 Å². The van der Waals surface area contributed by atoms with E-state index in [1.54, 1.807) is 6.07 Å². The molecule has 1 atom stereocenters. The number of carbonyl (C=O) groups is 1. The molecule has 2 rings (SSSR count). The molecule has 2 heterocycles. The third-order valence-electron chi connectivity index (χ3n) is 3.17. The van der Waals surface area contributed by atoms with Gasteiger partial charge < -0.3 is 16.1 Å². The first-order valence-electron chi connectivity index (χ1n) is 5.90. The Hall–Kier alpha value is -1.24. The van der Waals surface area contributed by atoms with Crippen LogP contribution in [0.25, 0.3) is 0 Å². The van der Waals surface area contributed by atoms with Crippen molar-refractivity contribution in [2.75, 3.05) is 23.4 Å². The normalized spacial score (nSPS) is 19.3. The van der Waals surface area contributed by atoms with Gasteiger partial charge in [0.2, 0.25) is 5.91 Å². The number of anilines is 2. The van der Waals surface area contributed by atoms with E-state index < -0.39 is 0 Å². The summed E-state index contributed by atoms with van der Waals surface area (Å²) in [6, 6.07) is 1.58. The Kier molecular flexibility index (Phi) is 4.34. The van der Waals surface area contributed by atoms with Crippen molar-refractivity contribution in [3.05, 3.63) is 16.1 Å². The maximum absolute atomic E-state index is 11.3. The number of pyridine rings is 1. The van der Waals surface area contributed by atoms with Crippen molar-refractivity contribution in [3.63, 3.8) is 0 Å². The number of aromatic nitrogens is 1. The molecule has 0 aliphatic carbocycles. The van der Waals surface area contributed by atoms with E-state index in [-0.39, 0.29) is 11.8 Å². The van der Waals surface area contributed by atoms with Crippen LogP contribution in [0.2, 0.25) is 10.0 Å². The number of hydrazine groups is 1. The van der Waals surface area contributed by atoms with Crippen LogP contribution in [0.3, 0.4) is 0 Å². The molecule has 0 aromatic carbocycles. The van der Waals surface area contributed by atoms with E-state index in [0.29, 0.717) is 28.2 Å². The molecular formula is C11H15Cl2N5O. The lowest BCUT2D eigenvalue weighted by Crippen LogP contribution is -2.41. The van der Waals surface area contributed by atoms with E-state index in [1.807, 2.05) is 4.90 Å². The summed E-state index contributed by atoms with van der Waals surface area (Å²) in [4.78, 5) is 17.5. The van der Waals surface area contributed by atoms with Crippen LogP contribution in [0.15, 0.2) is 6.07 Å². The molecule has 1 aromatic heterocycles. The molecule has 1 aliphatic rings. The highest BCUT2D eigenvalue weighted by molar-refractivity contribution is 6.37. The summed E-state index contributed by atoms with van der Waals surface area (Å²) < 4.78 is 0. The van der Waals surface area contributed by atoms with Gasteiger partial charge in [-0.15, -0.1) is 0 Å². The molecule has 104 valence electrons. The Bertz CT molecular complexity index is 496. The van der Waals surface area contributed by atoms with Crippen LogP contribution in [0.1, 0.15) is 12.8 Å². The summed E-state index contributed by atoms with van der Waals surface area (Å²) in [5.74, 6) is 5.77. The number of rotatable bonds is 3. The summed E-state index contributed by atoms with van der Waals surface area (Å²) in [6.07, 6.45) is 1.65. The SMILES string of the molecule is NNc1nc(N2CCCC(C(N)=O)C2)c(Cl)cc1Cl. The Morgan fingerprint density at radius 1 is 1.47 bits per heavy atom. The number of hydrogen-bond acceptors (Lipinski definition) is 5. The fourth-order valence-corrected chi connectivity index (χ4v) is 2.71. The lowest BCUT2D eigenvalue weighted by atomic mass is 9.97. The van der Waals surface area contributed by atoms with Crippen molar-refractivity contribution >= 4 is 40.7 Å². The number of piperidine rings is 1. The summed E-state index contributed by atoms with van der Waals surface area (Å²) in [5.41, 5.74) is 7.77. The van der Waals surface area contributed by atoms with Gasteiger partial charge in [0, 0.05) is 13.1 Å². The molecule has 1 unspecified atom stereocenters. The molecule has 1 aromatic rings. The van der Waals surface area contributed by atoms with Crippen molar-refractivity contribution in [2.24, 2.45) is 17.5 Å². The number of nitrogens with two attached hydrogens (primary N) is 2. The number of hydrogen-bond donors (Lipinski definition) is 3. The van der Waals surface area contributed by atoms with Crippen molar-refractivity contribution < 1.29 is 4.79 Å². The monoisotopic (exact) mass is 303 g/mol. The fraction of sp³-hybridized carbons (Fsp3) is 0.455. The van der Waals surface area contributed by atoms with E-state index in [1.165, 1.54) is 0 Å². The quantitative estimate of drug-likeness (QED) is 0.579. The highest BCUT2D eigenvalue weighted by Gasteiger charge is 2.26. The van der Waals surface area contributed by atoms with E-state index in [4.69, 9.17) is 34.8 Å². The fourth-order valence-electron chi connectivity index (χ4n) is 2.18. The summed E-state index contributed by atoms with van der Waals surface area (Å²) in [6.45, 7) is 1.27. The molecule has 1 saturated heterocycles. The van der Waals surface area contributed by atoms with Crippen LogP contribution in [-0.4, -0.2) is 24.0 Å². The minimum absolute atomic E-state index is 0.184. The van der Waals surface area contributed by atoms with Gasteiger partial charge >= 0.3 is 0 Å². The van der Waals surface area contributed by atoms with Gasteiger partial charge in [0.25, 0.3) is 0 Å². The number of halogens is 2. The molecule has 0 bridgehead atoms. The van der Waals surface area contributed by atoms with Crippen LogP contribution in [0.4, 0.5) is 11.6 Å². The van der Waals surface area contributed by atoms with Gasteiger partial charge in [0.15, 0.2) is 5.82 Å². The maximum atomic E-state index is 11.3. The van der Waals surface area contributed by atoms with E-state index in [9.17, 15) is 4.79 Å². The zero-order valence-electron chi connectivity index (χ0n) is 10.2. The second-order valence-corrected chi connectivity index (χ2v) is 5.27. The number of primary amides is 1. The van der Waals surface area contributed by atoms with Crippen molar-refractivity contribution in [1.29, 1.82) is 0 Å². The average molecular weight is 304 g/mol. The molecule has 0 saturated carbocycles. The number of nitrogen functional groups attached to an aromatic ring is 1. The third kappa shape index (κ3) is 3.02. The van der Waals surface area contributed by atoms with Gasteiger partial charge in [-0.25, -0.2) is 10.8 Å². The van der Waals surface area contributed by atoms with E-state index in [2.05, 4.69) is 10.4 Å². The Morgan fingerprint density at radius 2 is 2.21 bits per heavy atom. The minimum atomic E-state index is -0.299. The minimum Gasteiger partial charge on any atom is -0.369 e. The van der Waals surface area contributed by atoms with Crippen LogP contribution >= 0.6 is 23.2 Å². The van der Waals surface area contributed by atoms with Gasteiger partial charge in [-0.2, -0.15) is 0 Å². The van der Waals surface area contributed by atoms with Crippen molar-refractivity contribution in [1.82, 2.24) is 4.98 Å². The Morgan fingerprint density at radius 3 is 2.84 bits per heavy atom. The smallest absolute Gasteiger partial charge is 0.222 e. The second-order valence-electron chi connectivity index (χ2n) is 4.46. The third-order valence-corrected chi connectivity index (χ3v) is 3.74. The van der Waals surface area contributed by atoms with Gasteiger partial charge in [-0.1, -0.05) is 23.2 Å². The van der Waals surface area contributed by atoms with Crippen molar-refractivity contribution in [2.45, 2.75) is 12.8 Å². The molecule has 0 spiro atoms. The molecule has 1 amide bonds. The first-order valence-corrected chi connectivity index (χ1v) is 6.65. The maximum Gasteiger partial charge on any atom is 0.222 e. The molecule has 1 aliphatic heterocycles. The molecule has 19 heavy (non-hydrogen) atoms. The summed E-state index contributed by atoms with van der Waals surface area (Å²) in [7, 11) is 0. The topological polar surface area (TPSA) is 97.3 Å². The largest absolute Gasteiger partial charge is 0.369 e. The van der Waals surface area contributed by atoms with Crippen LogP contribution in [-0.2, 0) is 4.79 Å². The Balaban J connectivity index is 2.28. The molecule has 8 heteroatoms. The average Bonchev–Trinajstić information content (AvgIpc) is 2.39.